The van der Waals surface area contributed by atoms with Gasteiger partial charge in [0.15, 0.2) is 0 Å². The number of rotatable bonds is 4. The first kappa shape index (κ1) is 17.8. The molecule has 1 N–H and O–H groups in total. The molecule has 0 radical (unpaired) electrons. The van der Waals surface area contributed by atoms with Gasteiger partial charge in [-0.1, -0.05) is 30.3 Å². The lowest BCUT2D eigenvalue weighted by atomic mass is 9.89. The molecule has 134 valence electrons. The molecule has 2 heterocycles. The maximum Gasteiger partial charge on any atom is 0.410 e. The molecule has 6 heteroatoms. The van der Waals surface area contributed by atoms with E-state index in [4.69, 9.17) is 9.47 Å². The zero-order valence-corrected chi connectivity index (χ0v) is 15.3. The quantitative estimate of drug-likeness (QED) is 0.902. The van der Waals surface area contributed by atoms with E-state index in [-0.39, 0.29) is 12.7 Å². The van der Waals surface area contributed by atoms with Gasteiger partial charge in [0, 0.05) is 18.7 Å². The molecule has 25 heavy (non-hydrogen) atoms. The Hall–Kier alpha value is -2.05. The molecule has 1 aliphatic rings. The number of carbonyl (C=O) groups is 1. The average Bonchev–Trinajstić information content (AvgIpc) is 3.02. The number of carbonyl (C=O) groups excluding carboxylic acids is 1. The lowest BCUT2D eigenvalue weighted by Crippen LogP contribution is -2.45. The molecular weight excluding hydrogens is 338 g/mol. The van der Waals surface area contributed by atoms with Crippen molar-refractivity contribution in [1.29, 1.82) is 0 Å². The van der Waals surface area contributed by atoms with Gasteiger partial charge in [-0.3, -0.25) is 0 Å². The second-order valence-electron chi connectivity index (χ2n) is 6.34. The maximum atomic E-state index is 12.2. The highest BCUT2D eigenvalue weighted by Crippen LogP contribution is 2.43. The Morgan fingerprint density at radius 1 is 1.28 bits per heavy atom. The first-order valence-corrected chi connectivity index (χ1v) is 9.22. The maximum absolute atomic E-state index is 12.2. The Morgan fingerprint density at radius 3 is 2.60 bits per heavy atom. The van der Waals surface area contributed by atoms with Gasteiger partial charge in [-0.25, -0.2) is 4.79 Å². The predicted molar refractivity (Wildman–Crippen MR) is 96.9 cm³/mol. The van der Waals surface area contributed by atoms with Crippen LogP contribution in [-0.2, 0) is 16.9 Å². The molecule has 1 saturated heterocycles. The number of benzene rings is 1. The van der Waals surface area contributed by atoms with Crippen LogP contribution >= 0.6 is 11.3 Å². The van der Waals surface area contributed by atoms with Crippen LogP contribution < -0.4 is 4.74 Å². The lowest BCUT2D eigenvalue weighted by molar-refractivity contribution is -0.0241. The highest BCUT2D eigenvalue weighted by atomic mass is 32.1. The number of nitrogens with zero attached hydrogens (tertiary/aromatic N) is 1. The van der Waals surface area contributed by atoms with Gasteiger partial charge in [0.2, 0.25) is 0 Å². The number of aryl methyl sites for hydroxylation is 1. The molecule has 3 rings (SSSR count). The summed E-state index contributed by atoms with van der Waals surface area (Å²) in [6.07, 6.45) is 0.619. The summed E-state index contributed by atoms with van der Waals surface area (Å²) in [6, 6.07) is 9.61. The summed E-state index contributed by atoms with van der Waals surface area (Å²) in [5.74, 6) is 0.757. The monoisotopic (exact) mass is 361 g/mol. The third-order valence-electron chi connectivity index (χ3n) is 4.60. The standard InChI is InChI=1S/C19H23NO4S/c1-14-13-25-17(16(14)23-2)19(22)8-10-20(11-9-19)18(21)24-12-15-6-4-3-5-7-15/h3-7,13,22H,8-12H2,1-2H3. The largest absolute Gasteiger partial charge is 0.495 e. The van der Waals surface area contributed by atoms with E-state index in [1.807, 2.05) is 42.6 Å². The first-order valence-electron chi connectivity index (χ1n) is 8.34. The van der Waals surface area contributed by atoms with Crippen molar-refractivity contribution in [2.24, 2.45) is 0 Å². The van der Waals surface area contributed by atoms with E-state index in [9.17, 15) is 9.90 Å². The highest BCUT2D eigenvalue weighted by Gasteiger charge is 2.39. The van der Waals surface area contributed by atoms with E-state index in [1.165, 1.54) is 11.3 Å². The minimum atomic E-state index is -0.944. The van der Waals surface area contributed by atoms with Crippen LogP contribution in [0.25, 0.3) is 0 Å². The van der Waals surface area contributed by atoms with E-state index in [0.717, 1.165) is 21.8 Å². The molecule has 1 fully saturated rings. The van der Waals surface area contributed by atoms with Crippen molar-refractivity contribution < 1.29 is 19.4 Å². The van der Waals surface area contributed by atoms with Crippen LogP contribution in [0.4, 0.5) is 4.79 Å². The first-order chi connectivity index (χ1) is 12.0. The Kier molecular flexibility index (Phi) is 5.30. The van der Waals surface area contributed by atoms with Gasteiger partial charge in [0.25, 0.3) is 0 Å². The summed E-state index contributed by atoms with van der Waals surface area (Å²) in [6.45, 7) is 3.16. The number of likely N-dealkylation sites (tertiary alicyclic amines) is 1. The summed E-state index contributed by atoms with van der Waals surface area (Å²) < 4.78 is 10.8. The van der Waals surface area contributed by atoms with Crippen LogP contribution in [0.5, 0.6) is 5.75 Å². The second-order valence-corrected chi connectivity index (χ2v) is 7.22. The SMILES string of the molecule is COc1c(C)csc1C1(O)CCN(C(=O)OCc2ccccc2)CC1. The van der Waals surface area contributed by atoms with Gasteiger partial charge in [0.05, 0.1) is 12.0 Å². The average molecular weight is 361 g/mol. The lowest BCUT2D eigenvalue weighted by Gasteiger charge is -2.37. The summed E-state index contributed by atoms with van der Waals surface area (Å²) in [4.78, 5) is 14.8. The smallest absolute Gasteiger partial charge is 0.410 e. The van der Waals surface area contributed by atoms with E-state index in [0.29, 0.717) is 25.9 Å². The molecule has 0 spiro atoms. The number of hydrogen-bond acceptors (Lipinski definition) is 5. The van der Waals surface area contributed by atoms with Crippen LogP contribution in [0, 0.1) is 6.92 Å². The van der Waals surface area contributed by atoms with Gasteiger partial charge in [0.1, 0.15) is 18.0 Å². The molecule has 5 nitrogen and oxygen atoms in total. The molecule has 0 bridgehead atoms. The zero-order chi connectivity index (χ0) is 17.9. The minimum Gasteiger partial charge on any atom is -0.495 e. The number of hydrogen-bond donors (Lipinski definition) is 1. The number of methoxy groups -OCH3 is 1. The molecule has 0 aliphatic carbocycles. The predicted octanol–water partition coefficient (Wildman–Crippen LogP) is 3.69. The normalized spacial score (nSPS) is 16.5. The van der Waals surface area contributed by atoms with Crippen LogP contribution in [0.3, 0.4) is 0 Å². The molecule has 1 aromatic heterocycles. The Morgan fingerprint density at radius 2 is 1.96 bits per heavy atom. The summed E-state index contributed by atoms with van der Waals surface area (Å²) in [7, 11) is 1.62. The van der Waals surface area contributed by atoms with E-state index in [2.05, 4.69) is 0 Å². The molecule has 0 saturated carbocycles. The second kappa shape index (κ2) is 7.45. The van der Waals surface area contributed by atoms with Gasteiger partial charge in [-0.15, -0.1) is 11.3 Å². The minimum absolute atomic E-state index is 0.262. The third-order valence-corrected chi connectivity index (χ3v) is 5.87. The van der Waals surface area contributed by atoms with Crippen LogP contribution in [0.15, 0.2) is 35.7 Å². The molecule has 1 aromatic carbocycles. The van der Waals surface area contributed by atoms with Crippen molar-refractivity contribution in [3.63, 3.8) is 0 Å². The number of thiophene rings is 1. The molecule has 1 amide bonds. The van der Waals surface area contributed by atoms with Crippen LogP contribution in [0.1, 0.15) is 28.8 Å². The van der Waals surface area contributed by atoms with Gasteiger partial charge in [-0.05, 0) is 30.7 Å². The Labute approximate surface area is 151 Å². The van der Waals surface area contributed by atoms with Crippen molar-refractivity contribution >= 4 is 17.4 Å². The van der Waals surface area contributed by atoms with E-state index in [1.54, 1.807) is 12.0 Å². The fourth-order valence-corrected chi connectivity index (χ4v) is 4.28. The van der Waals surface area contributed by atoms with Crippen molar-refractivity contribution in [3.05, 3.63) is 51.7 Å². The Bertz CT molecular complexity index is 720. The molecular formula is C19H23NO4S. The van der Waals surface area contributed by atoms with Crippen molar-refractivity contribution in [3.8, 4) is 5.75 Å². The topological polar surface area (TPSA) is 59.0 Å². The van der Waals surface area contributed by atoms with Crippen LogP contribution in [0.2, 0.25) is 0 Å². The number of ether oxygens (including phenoxy) is 2. The van der Waals surface area contributed by atoms with E-state index >= 15 is 0 Å². The van der Waals surface area contributed by atoms with Gasteiger partial charge >= 0.3 is 6.09 Å². The summed E-state index contributed by atoms with van der Waals surface area (Å²) in [5, 5.41) is 13.0. The van der Waals surface area contributed by atoms with E-state index < -0.39 is 5.60 Å². The zero-order valence-electron chi connectivity index (χ0n) is 14.5. The number of aliphatic hydroxyl groups is 1. The van der Waals surface area contributed by atoms with Gasteiger partial charge in [-0.2, -0.15) is 0 Å². The summed E-state index contributed by atoms with van der Waals surface area (Å²) in [5.41, 5.74) is 1.05. The number of piperidine rings is 1. The van der Waals surface area contributed by atoms with Crippen LogP contribution in [-0.4, -0.2) is 36.3 Å². The van der Waals surface area contributed by atoms with Crippen molar-refractivity contribution in [2.45, 2.75) is 32.0 Å². The third kappa shape index (κ3) is 3.80. The fraction of sp³-hybridized carbons (Fsp3) is 0.421. The molecule has 2 aromatic rings. The fourth-order valence-electron chi connectivity index (χ4n) is 3.10. The Balaban J connectivity index is 1.58. The molecule has 0 unspecified atom stereocenters. The number of amides is 1. The summed E-state index contributed by atoms with van der Waals surface area (Å²) >= 11 is 1.51. The van der Waals surface area contributed by atoms with Crippen molar-refractivity contribution in [2.75, 3.05) is 20.2 Å². The highest BCUT2D eigenvalue weighted by molar-refractivity contribution is 7.10. The molecule has 1 aliphatic heterocycles. The van der Waals surface area contributed by atoms with Crippen molar-refractivity contribution in [1.82, 2.24) is 4.90 Å². The van der Waals surface area contributed by atoms with Gasteiger partial charge < -0.3 is 19.5 Å². The molecule has 0 atom stereocenters.